The van der Waals surface area contributed by atoms with E-state index in [-0.39, 0.29) is 18.0 Å². The highest BCUT2D eigenvalue weighted by molar-refractivity contribution is 7.12. The molecule has 2 atom stereocenters. The monoisotopic (exact) mass is 384 g/mol. The van der Waals surface area contributed by atoms with E-state index in [9.17, 15) is 9.90 Å². The van der Waals surface area contributed by atoms with Crippen LogP contribution in [0.4, 0.5) is 0 Å². The molecule has 1 saturated carbocycles. The van der Waals surface area contributed by atoms with E-state index < -0.39 is 0 Å². The quantitative estimate of drug-likeness (QED) is 0.808. The number of phenolic OH excluding ortho intramolecular Hbond substituents is 1. The van der Waals surface area contributed by atoms with Gasteiger partial charge in [-0.3, -0.25) is 4.79 Å². The number of carbonyl (C=O) groups is 1. The molecule has 2 heterocycles. The summed E-state index contributed by atoms with van der Waals surface area (Å²) >= 11 is 1.80. The van der Waals surface area contributed by atoms with Crippen LogP contribution in [0.1, 0.15) is 52.6 Å². The van der Waals surface area contributed by atoms with E-state index in [1.54, 1.807) is 17.4 Å². The van der Waals surface area contributed by atoms with Gasteiger partial charge in [-0.1, -0.05) is 17.7 Å². The minimum Gasteiger partial charge on any atom is -0.508 e. The number of likely N-dealkylation sites (tertiary alicyclic amines) is 1. The number of aryl methyl sites for hydroxylation is 2. The number of piperidine rings is 1. The van der Waals surface area contributed by atoms with E-state index in [0.29, 0.717) is 18.2 Å². The molecule has 1 aromatic carbocycles. The van der Waals surface area contributed by atoms with Gasteiger partial charge in [-0.2, -0.15) is 0 Å². The molecule has 144 valence electrons. The predicted molar refractivity (Wildman–Crippen MR) is 109 cm³/mol. The topological polar surface area (TPSA) is 52.6 Å². The number of aromatic hydroxyl groups is 1. The fourth-order valence-corrected chi connectivity index (χ4v) is 5.14. The lowest BCUT2D eigenvalue weighted by atomic mass is 9.93. The van der Waals surface area contributed by atoms with Crippen molar-refractivity contribution in [2.75, 3.05) is 6.54 Å². The van der Waals surface area contributed by atoms with Crippen LogP contribution in [0.25, 0.3) is 0 Å². The maximum Gasteiger partial charge on any atom is 0.226 e. The summed E-state index contributed by atoms with van der Waals surface area (Å²) in [5.41, 5.74) is 2.06. The Hall–Kier alpha value is -1.85. The standard InChI is InChI=1S/C22H28N2O2S/c1-14-5-9-19(25)17(12-14)13-23-18-4-3-11-24(22(26)16-7-8-16)21(18)20-10-6-15(2)27-20/h5-6,9-10,12,16,18,21,23,25H,3-4,7-8,11,13H2,1-2H3/t18-,21-/m1/s1. The highest BCUT2D eigenvalue weighted by Crippen LogP contribution is 2.40. The number of rotatable bonds is 5. The van der Waals surface area contributed by atoms with Gasteiger partial charge in [0.05, 0.1) is 6.04 Å². The summed E-state index contributed by atoms with van der Waals surface area (Å²) < 4.78 is 0. The largest absolute Gasteiger partial charge is 0.508 e. The number of benzene rings is 1. The first-order chi connectivity index (χ1) is 13.0. The van der Waals surface area contributed by atoms with Crippen LogP contribution >= 0.6 is 11.3 Å². The molecular formula is C22H28N2O2S. The van der Waals surface area contributed by atoms with Gasteiger partial charge in [-0.25, -0.2) is 0 Å². The Labute approximate surface area is 165 Å². The summed E-state index contributed by atoms with van der Waals surface area (Å²) in [4.78, 5) is 17.6. The van der Waals surface area contributed by atoms with Gasteiger partial charge in [0.1, 0.15) is 5.75 Å². The molecule has 1 amide bonds. The highest BCUT2D eigenvalue weighted by Gasteiger charge is 2.41. The van der Waals surface area contributed by atoms with Crippen molar-refractivity contribution in [3.05, 3.63) is 51.2 Å². The molecule has 1 aliphatic heterocycles. The molecule has 5 heteroatoms. The third-order valence-electron chi connectivity index (χ3n) is 5.68. The zero-order valence-electron chi connectivity index (χ0n) is 16.1. The van der Waals surface area contributed by atoms with E-state index in [1.165, 1.54) is 9.75 Å². The Balaban J connectivity index is 1.56. The first-order valence-electron chi connectivity index (χ1n) is 9.91. The number of nitrogens with one attached hydrogen (secondary N) is 1. The van der Waals surface area contributed by atoms with E-state index >= 15 is 0 Å². The van der Waals surface area contributed by atoms with Gasteiger partial charge < -0.3 is 15.3 Å². The first kappa shape index (κ1) is 18.5. The minimum absolute atomic E-state index is 0.0949. The SMILES string of the molecule is Cc1ccc(O)c(CN[C@@H]2CCCN(C(=O)C3CC3)[C@H]2c2ccc(C)s2)c1. The van der Waals surface area contributed by atoms with E-state index in [4.69, 9.17) is 0 Å². The maximum absolute atomic E-state index is 12.9. The zero-order valence-corrected chi connectivity index (χ0v) is 16.9. The second-order valence-corrected chi connectivity index (χ2v) is 9.28. The summed E-state index contributed by atoms with van der Waals surface area (Å²) in [5.74, 6) is 0.905. The van der Waals surface area contributed by atoms with Gasteiger partial charge >= 0.3 is 0 Å². The van der Waals surface area contributed by atoms with Gasteiger partial charge in [0.15, 0.2) is 0 Å². The molecule has 2 aromatic rings. The van der Waals surface area contributed by atoms with Crippen molar-refractivity contribution in [2.45, 2.75) is 58.2 Å². The van der Waals surface area contributed by atoms with E-state index in [0.717, 1.165) is 43.4 Å². The van der Waals surface area contributed by atoms with Crippen LogP contribution in [-0.4, -0.2) is 28.5 Å². The number of phenols is 1. The normalized spacial score (nSPS) is 22.8. The van der Waals surface area contributed by atoms with Crippen molar-refractivity contribution in [1.29, 1.82) is 0 Å². The molecule has 1 saturated heterocycles. The Morgan fingerprint density at radius 2 is 2.04 bits per heavy atom. The van der Waals surface area contributed by atoms with Gasteiger partial charge in [0.25, 0.3) is 0 Å². The number of carbonyl (C=O) groups excluding carboxylic acids is 1. The van der Waals surface area contributed by atoms with Gasteiger partial charge in [0.2, 0.25) is 5.91 Å². The van der Waals surface area contributed by atoms with Gasteiger partial charge in [-0.05, 0) is 57.7 Å². The van der Waals surface area contributed by atoms with Gasteiger partial charge in [0, 0.05) is 40.4 Å². The highest BCUT2D eigenvalue weighted by atomic mass is 32.1. The van der Waals surface area contributed by atoms with Crippen molar-refractivity contribution in [3.63, 3.8) is 0 Å². The smallest absolute Gasteiger partial charge is 0.226 e. The third-order valence-corrected chi connectivity index (χ3v) is 6.75. The average molecular weight is 385 g/mol. The maximum atomic E-state index is 12.9. The lowest BCUT2D eigenvalue weighted by Crippen LogP contribution is -2.50. The fourth-order valence-electron chi connectivity index (χ4n) is 4.08. The minimum atomic E-state index is 0.0949. The van der Waals surface area contributed by atoms with Gasteiger partial charge in [-0.15, -0.1) is 11.3 Å². The first-order valence-corrected chi connectivity index (χ1v) is 10.7. The Morgan fingerprint density at radius 1 is 1.22 bits per heavy atom. The molecule has 2 fully saturated rings. The van der Waals surface area contributed by atoms with Crippen LogP contribution in [-0.2, 0) is 11.3 Å². The van der Waals surface area contributed by atoms with Crippen LogP contribution in [0, 0.1) is 19.8 Å². The second kappa shape index (κ2) is 7.64. The number of hydrogen-bond acceptors (Lipinski definition) is 4. The molecule has 0 spiro atoms. The van der Waals surface area contributed by atoms with Crippen molar-refractivity contribution in [2.24, 2.45) is 5.92 Å². The average Bonchev–Trinajstić information content (AvgIpc) is 3.42. The van der Waals surface area contributed by atoms with E-state index in [2.05, 4.69) is 29.3 Å². The van der Waals surface area contributed by atoms with Crippen molar-refractivity contribution in [3.8, 4) is 5.75 Å². The Bertz CT molecular complexity index is 827. The van der Waals surface area contributed by atoms with E-state index in [1.807, 2.05) is 19.1 Å². The van der Waals surface area contributed by atoms with Crippen molar-refractivity contribution in [1.82, 2.24) is 10.2 Å². The number of thiophene rings is 1. The summed E-state index contributed by atoms with van der Waals surface area (Å²) in [6.45, 7) is 5.63. The molecule has 2 N–H and O–H groups in total. The van der Waals surface area contributed by atoms with Crippen LogP contribution in [0.15, 0.2) is 30.3 Å². The van der Waals surface area contributed by atoms with Crippen LogP contribution in [0.5, 0.6) is 5.75 Å². The molecule has 0 radical (unpaired) electrons. The van der Waals surface area contributed by atoms with Crippen LogP contribution in [0.2, 0.25) is 0 Å². The molecule has 0 bridgehead atoms. The molecule has 27 heavy (non-hydrogen) atoms. The molecule has 1 aromatic heterocycles. The second-order valence-electron chi connectivity index (χ2n) is 7.96. The summed E-state index contributed by atoms with van der Waals surface area (Å²) in [6, 6.07) is 10.3. The Kier molecular flexibility index (Phi) is 5.24. The number of nitrogens with zero attached hydrogens (tertiary/aromatic N) is 1. The van der Waals surface area contributed by atoms with Crippen LogP contribution < -0.4 is 5.32 Å². The molecule has 1 aliphatic carbocycles. The lowest BCUT2D eigenvalue weighted by Gasteiger charge is -2.41. The number of hydrogen-bond donors (Lipinski definition) is 2. The zero-order chi connectivity index (χ0) is 19.0. The predicted octanol–water partition coefficient (Wildman–Crippen LogP) is 4.30. The molecule has 0 unspecified atom stereocenters. The van der Waals surface area contributed by atoms with Crippen LogP contribution in [0.3, 0.4) is 0 Å². The molecular weight excluding hydrogens is 356 g/mol. The Morgan fingerprint density at radius 3 is 2.74 bits per heavy atom. The molecule has 4 nitrogen and oxygen atoms in total. The summed E-state index contributed by atoms with van der Waals surface area (Å²) in [6.07, 6.45) is 4.15. The van der Waals surface area contributed by atoms with Crippen molar-refractivity contribution < 1.29 is 9.90 Å². The van der Waals surface area contributed by atoms with Crippen molar-refractivity contribution >= 4 is 17.2 Å². The summed E-state index contributed by atoms with van der Waals surface area (Å²) in [5, 5.41) is 13.8. The lowest BCUT2D eigenvalue weighted by molar-refractivity contribution is -0.137. The number of amides is 1. The molecule has 4 rings (SSSR count). The third kappa shape index (κ3) is 4.04. The molecule has 2 aliphatic rings. The fraction of sp³-hybridized carbons (Fsp3) is 0.500. The summed E-state index contributed by atoms with van der Waals surface area (Å²) in [7, 11) is 0.